The van der Waals surface area contributed by atoms with Crippen LogP contribution >= 0.6 is 22.9 Å². The lowest BCUT2D eigenvalue weighted by Crippen LogP contribution is -2.21. The molecule has 1 aliphatic rings. The zero-order valence-corrected chi connectivity index (χ0v) is 15.9. The van der Waals surface area contributed by atoms with Gasteiger partial charge in [-0.15, -0.1) is 11.3 Å². The zero-order valence-electron chi connectivity index (χ0n) is 14.4. The van der Waals surface area contributed by atoms with Gasteiger partial charge in [-0.1, -0.05) is 11.6 Å². The number of carbonyl (C=O) groups is 2. The molecule has 1 aliphatic carbocycles. The minimum absolute atomic E-state index is 0.0125. The van der Waals surface area contributed by atoms with E-state index in [1.165, 1.54) is 4.68 Å². The maximum Gasteiger partial charge on any atom is 0.311 e. The minimum atomic E-state index is -2.80. The molecule has 0 aliphatic heterocycles. The van der Waals surface area contributed by atoms with Crippen molar-refractivity contribution in [2.45, 2.75) is 45.1 Å². The SMILES string of the molecule is CCOC(=O)Cc1csc(NC(=O)Cn2nc(C(F)F)c(Cl)c2C2CC2)n1. The summed E-state index contributed by atoms with van der Waals surface area (Å²) >= 11 is 7.19. The van der Waals surface area contributed by atoms with Gasteiger partial charge < -0.3 is 10.1 Å². The standard InChI is InChI=1S/C16H17ClF2N4O3S/c1-2-26-11(25)5-9-7-27-16(20-9)21-10(24)6-23-14(8-3-4-8)12(17)13(22-23)15(18)19/h7-8,15H,2-6H2,1H3,(H,20,21,24). The van der Waals surface area contributed by atoms with Gasteiger partial charge in [0.15, 0.2) is 5.13 Å². The summed E-state index contributed by atoms with van der Waals surface area (Å²) in [7, 11) is 0. The van der Waals surface area contributed by atoms with Crippen molar-refractivity contribution in [3.05, 3.63) is 27.5 Å². The molecule has 1 N–H and O–H groups in total. The van der Waals surface area contributed by atoms with Crippen LogP contribution in [-0.4, -0.2) is 33.2 Å². The van der Waals surface area contributed by atoms with Crippen LogP contribution in [0.5, 0.6) is 0 Å². The molecular weight excluding hydrogens is 402 g/mol. The van der Waals surface area contributed by atoms with Crippen molar-refractivity contribution in [1.29, 1.82) is 0 Å². The van der Waals surface area contributed by atoms with Gasteiger partial charge in [0.1, 0.15) is 12.2 Å². The number of esters is 1. The number of ether oxygens (including phenoxy) is 1. The predicted molar refractivity (Wildman–Crippen MR) is 95.2 cm³/mol. The van der Waals surface area contributed by atoms with E-state index >= 15 is 0 Å². The topological polar surface area (TPSA) is 86.1 Å². The Hall–Kier alpha value is -2.07. The van der Waals surface area contributed by atoms with E-state index in [0.29, 0.717) is 16.5 Å². The third-order valence-corrected chi connectivity index (χ3v) is 5.04. The van der Waals surface area contributed by atoms with Gasteiger partial charge in [-0.25, -0.2) is 13.8 Å². The Morgan fingerprint density at radius 1 is 1.48 bits per heavy atom. The van der Waals surface area contributed by atoms with Crippen LogP contribution in [0.4, 0.5) is 13.9 Å². The minimum Gasteiger partial charge on any atom is -0.466 e. The van der Waals surface area contributed by atoms with Gasteiger partial charge in [-0.3, -0.25) is 14.3 Å². The van der Waals surface area contributed by atoms with Crippen molar-refractivity contribution in [1.82, 2.24) is 14.8 Å². The number of nitrogens with zero attached hydrogens (tertiary/aromatic N) is 3. The van der Waals surface area contributed by atoms with Crippen molar-refractivity contribution in [2.75, 3.05) is 11.9 Å². The molecule has 2 heterocycles. The van der Waals surface area contributed by atoms with Crippen LogP contribution in [0, 0.1) is 0 Å². The van der Waals surface area contributed by atoms with Crippen molar-refractivity contribution < 1.29 is 23.1 Å². The highest BCUT2D eigenvalue weighted by atomic mass is 35.5. The Kier molecular flexibility index (Phi) is 6.05. The Balaban J connectivity index is 1.65. The number of carbonyl (C=O) groups excluding carboxylic acids is 2. The Morgan fingerprint density at radius 3 is 2.85 bits per heavy atom. The molecule has 0 radical (unpaired) electrons. The Labute approximate surface area is 162 Å². The van der Waals surface area contributed by atoms with E-state index in [4.69, 9.17) is 16.3 Å². The second-order valence-electron chi connectivity index (χ2n) is 5.99. The number of hydrogen-bond acceptors (Lipinski definition) is 6. The largest absolute Gasteiger partial charge is 0.466 e. The molecule has 0 bridgehead atoms. The van der Waals surface area contributed by atoms with Gasteiger partial charge in [0.25, 0.3) is 6.43 Å². The number of halogens is 3. The third kappa shape index (κ3) is 4.81. The van der Waals surface area contributed by atoms with Gasteiger partial charge in [0.2, 0.25) is 5.91 Å². The van der Waals surface area contributed by atoms with Crippen molar-refractivity contribution in [3.8, 4) is 0 Å². The number of hydrogen-bond donors (Lipinski definition) is 1. The average Bonchev–Trinajstić information content (AvgIpc) is 3.24. The first-order valence-corrected chi connectivity index (χ1v) is 9.58. The number of anilines is 1. The lowest BCUT2D eigenvalue weighted by molar-refractivity contribution is -0.142. The van der Waals surface area contributed by atoms with E-state index in [-0.39, 0.29) is 30.5 Å². The molecule has 0 saturated heterocycles. The first-order valence-electron chi connectivity index (χ1n) is 8.33. The summed E-state index contributed by atoms with van der Waals surface area (Å²) in [6, 6.07) is 0. The second-order valence-corrected chi connectivity index (χ2v) is 7.23. The fourth-order valence-corrected chi connectivity index (χ4v) is 3.68. The lowest BCUT2D eigenvalue weighted by atomic mass is 10.2. The molecular formula is C16H17ClF2N4O3S. The van der Waals surface area contributed by atoms with Crippen LogP contribution in [-0.2, 0) is 27.3 Å². The van der Waals surface area contributed by atoms with Gasteiger partial charge in [-0.2, -0.15) is 5.10 Å². The first-order chi connectivity index (χ1) is 12.9. The van der Waals surface area contributed by atoms with E-state index in [1.54, 1.807) is 12.3 Å². The quantitative estimate of drug-likeness (QED) is 0.662. The zero-order chi connectivity index (χ0) is 19.6. The van der Waals surface area contributed by atoms with Crippen LogP contribution in [0.1, 0.15) is 49.2 Å². The van der Waals surface area contributed by atoms with E-state index in [2.05, 4.69) is 15.4 Å². The van der Waals surface area contributed by atoms with E-state index < -0.39 is 24.0 Å². The van der Waals surface area contributed by atoms with Crippen molar-refractivity contribution in [3.63, 3.8) is 0 Å². The highest BCUT2D eigenvalue weighted by Crippen LogP contribution is 2.45. The van der Waals surface area contributed by atoms with Crippen LogP contribution in [0.2, 0.25) is 5.02 Å². The maximum atomic E-state index is 13.0. The fraction of sp³-hybridized carbons (Fsp3) is 0.500. The smallest absolute Gasteiger partial charge is 0.311 e. The van der Waals surface area contributed by atoms with Gasteiger partial charge >= 0.3 is 5.97 Å². The number of amides is 1. The number of nitrogens with one attached hydrogen (secondary N) is 1. The summed E-state index contributed by atoms with van der Waals surface area (Å²) in [5, 5.41) is 8.28. The van der Waals surface area contributed by atoms with Gasteiger partial charge in [0.05, 0.1) is 29.4 Å². The van der Waals surface area contributed by atoms with E-state index in [1.807, 2.05) is 0 Å². The van der Waals surface area contributed by atoms with Gasteiger partial charge in [0, 0.05) is 11.3 Å². The molecule has 1 fully saturated rings. The molecule has 11 heteroatoms. The molecule has 0 unspecified atom stereocenters. The normalized spacial score (nSPS) is 13.8. The number of alkyl halides is 2. The summed E-state index contributed by atoms with van der Waals surface area (Å²) in [6.45, 7) is 1.75. The Morgan fingerprint density at radius 2 is 2.22 bits per heavy atom. The van der Waals surface area contributed by atoms with Crippen LogP contribution < -0.4 is 5.32 Å². The molecule has 27 heavy (non-hydrogen) atoms. The molecule has 7 nitrogen and oxygen atoms in total. The lowest BCUT2D eigenvalue weighted by Gasteiger charge is -2.06. The van der Waals surface area contributed by atoms with Crippen molar-refractivity contribution >= 4 is 39.9 Å². The molecule has 0 atom stereocenters. The summed E-state index contributed by atoms with van der Waals surface area (Å²) in [4.78, 5) is 27.9. The maximum absolute atomic E-state index is 13.0. The average molecular weight is 419 g/mol. The second kappa shape index (κ2) is 8.30. The molecule has 1 amide bonds. The number of thiazole rings is 1. The third-order valence-electron chi connectivity index (χ3n) is 3.85. The monoisotopic (exact) mass is 418 g/mol. The van der Waals surface area contributed by atoms with E-state index in [0.717, 1.165) is 24.2 Å². The Bertz CT molecular complexity index is 851. The molecule has 0 spiro atoms. The number of rotatable bonds is 8. The highest BCUT2D eigenvalue weighted by molar-refractivity contribution is 7.13. The molecule has 0 aromatic carbocycles. The molecule has 2 aromatic heterocycles. The van der Waals surface area contributed by atoms with Gasteiger partial charge in [-0.05, 0) is 19.8 Å². The summed E-state index contributed by atoms with van der Waals surface area (Å²) < 4.78 is 32.2. The molecule has 146 valence electrons. The predicted octanol–water partition coefficient (Wildman–Crippen LogP) is 3.55. The number of aromatic nitrogens is 3. The molecule has 1 saturated carbocycles. The molecule has 2 aromatic rings. The summed E-state index contributed by atoms with van der Waals surface area (Å²) in [6.07, 6.45) is -1.12. The van der Waals surface area contributed by atoms with Crippen LogP contribution in [0.15, 0.2) is 5.38 Å². The van der Waals surface area contributed by atoms with E-state index in [9.17, 15) is 18.4 Å². The summed E-state index contributed by atoms with van der Waals surface area (Å²) in [5.41, 5.74) is 0.455. The first kappa shape index (κ1) is 19.7. The van der Waals surface area contributed by atoms with Crippen LogP contribution in [0.25, 0.3) is 0 Å². The van der Waals surface area contributed by atoms with Crippen molar-refractivity contribution in [2.24, 2.45) is 0 Å². The highest BCUT2D eigenvalue weighted by Gasteiger charge is 2.34. The fourth-order valence-electron chi connectivity index (χ4n) is 2.58. The van der Waals surface area contributed by atoms with Crippen LogP contribution in [0.3, 0.4) is 0 Å². The summed E-state index contributed by atoms with van der Waals surface area (Å²) in [5.74, 6) is -0.810. The molecule has 3 rings (SSSR count).